The second kappa shape index (κ2) is 8.78. The van der Waals surface area contributed by atoms with Gasteiger partial charge in [-0.3, -0.25) is 0 Å². The van der Waals surface area contributed by atoms with Crippen molar-refractivity contribution in [1.29, 1.82) is 0 Å². The van der Waals surface area contributed by atoms with Gasteiger partial charge in [0.2, 0.25) is 0 Å². The average Bonchev–Trinajstić information content (AvgIpc) is 2.30. The molecule has 0 unspecified atom stereocenters. The van der Waals surface area contributed by atoms with Gasteiger partial charge in [0.25, 0.3) is 0 Å². The second-order valence-corrected chi connectivity index (χ2v) is 4.53. The van der Waals surface area contributed by atoms with Crippen molar-refractivity contribution in [3.8, 4) is 0 Å². The Hall–Kier alpha value is -0.330. The molecule has 0 saturated heterocycles. The number of hydrogen-bond donors (Lipinski definition) is 1. The summed E-state index contributed by atoms with van der Waals surface area (Å²) in [5.74, 6) is 0. The normalized spacial score (nSPS) is 10.4. The summed E-state index contributed by atoms with van der Waals surface area (Å²) in [4.78, 5) is 0. The molecule has 16 heavy (non-hydrogen) atoms. The van der Waals surface area contributed by atoms with E-state index in [1.807, 2.05) is 12.1 Å². The van der Waals surface area contributed by atoms with Crippen LogP contribution in [0.2, 0.25) is 0 Å². The third-order valence-corrected chi connectivity index (χ3v) is 3.01. The van der Waals surface area contributed by atoms with Gasteiger partial charge in [0.1, 0.15) is 0 Å². The van der Waals surface area contributed by atoms with E-state index in [2.05, 4.69) is 40.0 Å². The molecule has 1 aromatic rings. The van der Waals surface area contributed by atoms with Crippen molar-refractivity contribution in [2.24, 2.45) is 0 Å². The van der Waals surface area contributed by atoms with E-state index in [-0.39, 0.29) is 0 Å². The van der Waals surface area contributed by atoms with Crippen LogP contribution in [-0.4, -0.2) is 33.5 Å². The average molecular weight is 335 g/mol. The summed E-state index contributed by atoms with van der Waals surface area (Å²) < 4.78 is 11.6. The van der Waals surface area contributed by atoms with Gasteiger partial charge in [-0.05, 0) is 41.1 Å². The van der Waals surface area contributed by atoms with Crippen molar-refractivity contribution in [3.05, 3.63) is 27.8 Å². The summed E-state index contributed by atoms with van der Waals surface area (Å²) >= 11 is 2.32. The van der Waals surface area contributed by atoms with Gasteiger partial charge in [-0.2, -0.15) is 0 Å². The minimum Gasteiger partial charge on any atom is -0.385 e. The fourth-order valence-corrected chi connectivity index (χ4v) is 1.85. The van der Waals surface area contributed by atoms with Crippen LogP contribution in [0.15, 0.2) is 24.3 Å². The van der Waals surface area contributed by atoms with Crippen LogP contribution in [0.1, 0.15) is 6.42 Å². The molecule has 0 bridgehead atoms. The first-order chi connectivity index (χ1) is 7.84. The first kappa shape index (κ1) is 13.7. The van der Waals surface area contributed by atoms with Gasteiger partial charge >= 0.3 is 0 Å². The molecule has 0 heterocycles. The van der Waals surface area contributed by atoms with Gasteiger partial charge in [0, 0.05) is 36.1 Å². The minimum atomic E-state index is 0.731. The maximum absolute atomic E-state index is 5.45. The number of ether oxygens (including phenoxy) is 2. The zero-order valence-electron chi connectivity index (χ0n) is 9.54. The summed E-state index contributed by atoms with van der Waals surface area (Å²) in [5.41, 5.74) is 1.17. The van der Waals surface area contributed by atoms with Crippen molar-refractivity contribution >= 4 is 28.3 Å². The Morgan fingerprint density at radius 3 is 2.75 bits per heavy atom. The van der Waals surface area contributed by atoms with Crippen LogP contribution in [0, 0.1) is 3.57 Å². The van der Waals surface area contributed by atoms with E-state index >= 15 is 0 Å². The van der Waals surface area contributed by atoms with Crippen LogP contribution >= 0.6 is 22.6 Å². The highest BCUT2D eigenvalue weighted by Gasteiger charge is 1.96. The third kappa shape index (κ3) is 5.67. The molecule has 0 aliphatic carbocycles. The van der Waals surface area contributed by atoms with E-state index < -0.39 is 0 Å². The molecule has 0 aromatic heterocycles. The van der Waals surface area contributed by atoms with Gasteiger partial charge in [-0.15, -0.1) is 0 Å². The Bertz CT molecular complexity index is 294. The maximum Gasteiger partial charge on any atom is 0.0639 e. The zero-order chi connectivity index (χ0) is 11.6. The van der Waals surface area contributed by atoms with E-state index in [0.717, 1.165) is 32.8 Å². The molecule has 0 atom stereocenters. The Morgan fingerprint density at radius 2 is 2.00 bits per heavy atom. The van der Waals surface area contributed by atoms with Crippen molar-refractivity contribution in [2.75, 3.05) is 38.8 Å². The lowest BCUT2D eigenvalue weighted by atomic mass is 10.3. The lowest BCUT2D eigenvalue weighted by Crippen LogP contribution is -2.11. The summed E-state index contributed by atoms with van der Waals surface area (Å²) in [7, 11) is 1.71. The first-order valence-electron chi connectivity index (χ1n) is 5.39. The fraction of sp³-hybridized carbons (Fsp3) is 0.500. The molecule has 4 heteroatoms. The number of nitrogens with one attached hydrogen (secondary N) is 1. The molecular formula is C12H18INO2. The van der Waals surface area contributed by atoms with Crippen molar-refractivity contribution in [2.45, 2.75) is 6.42 Å². The second-order valence-electron chi connectivity index (χ2n) is 3.37. The largest absolute Gasteiger partial charge is 0.385 e. The maximum atomic E-state index is 5.45. The third-order valence-electron chi connectivity index (χ3n) is 2.07. The van der Waals surface area contributed by atoms with Gasteiger partial charge in [0.05, 0.1) is 6.61 Å². The van der Waals surface area contributed by atoms with Crippen LogP contribution < -0.4 is 5.32 Å². The van der Waals surface area contributed by atoms with Crippen LogP contribution in [0.25, 0.3) is 0 Å². The number of para-hydroxylation sites is 1. The molecule has 0 radical (unpaired) electrons. The molecular weight excluding hydrogens is 317 g/mol. The Balaban J connectivity index is 2.05. The molecule has 1 N–H and O–H groups in total. The molecule has 90 valence electrons. The van der Waals surface area contributed by atoms with E-state index in [0.29, 0.717) is 0 Å². The molecule has 3 nitrogen and oxygen atoms in total. The highest BCUT2D eigenvalue weighted by atomic mass is 127. The number of hydrogen-bond acceptors (Lipinski definition) is 3. The molecule has 1 rings (SSSR count). The molecule has 0 saturated carbocycles. The number of methoxy groups -OCH3 is 1. The Morgan fingerprint density at radius 1 is 1.19 bits per heavy atom. The highest BCUT2D eigenvalue weighted by molar-refractivity contribution is 14.1. The molecule has 0 amide bonds. The smallest absolute Gasteiger partial charge is 0.0639 e. The number of anilines is 1. The van der Waals surface area contributed by atoms with Gasteiger partial charge < -0.3 is 14.8 Å². The summed E-state index contributed by atoms with van der Waals surface area (Å²) in [6.45, 7) is 3.10. The van der Waals surface area contributed by atoms with E-state index in [4.69, 9.17) is 9.47 Å². The van der Waals surface area contributed by atoms with E-state index in [9.17, 15) is 0 Å². The Labute approximate surface area is 111 Å². The lowest BCUT2D eigenvalue weighted by Gasteiger charge is -2.08. The number of benzene rings is 1. The molecule has 0 fully saturated rings. The SMILES string of the molecule is COCCCOCCNc1ccccc1I. The zero-order valence-corrected chi connectivity index (χ0v) is 11.7. The van der Waals surface area contributed by atoms with Gasteiger partial charge in [-0.25, -0.2) is 0 Å². The van der Waals surface area contributed by atoms with Crippen LogP contribution in [0.5, 0.6) is 0 Å². The predicted octanol–water partition coefficient (Wildman–Crippen LogP) is 2.76. The number of rotatable bonds is 8. The monoisotopic (exact) mass is 335 g/mol. The lowest BCUT2D eigenvalue weighted by molar-refractivity contribution is 0.109. The first-order valence-corrected chi connectivity index (χ1v) is 6.47. The Kier molecular flexibility index (Phi) is 7.54. The van der Waals surface area contributed by atoms with Crippen molar-refractivity contribution < 1.29 is 9.47 Å². The molecule has 0 aliphatic heterocycles. The summed E-state index contributed by atoms with van der Waals surface area (Å²) in [5, 5.41) is 3.34. The van der Waals surface area contributed by atoms with Crippen LogP contribution in [-0.2, 0) is 9.47 Å². The standard InChI is InChI=1S/C12H18INO2/c1-15-8-4-9-16-10-7-14-12-6-3-2-5-11(12)13/h2-3,5-6,14H,4,7-10H2,1H3. The summed E-state index contributed by atoms with van der Waals surface area (Å²) in [6, 6.07) is 8.23. The molecule has 0 aliphatic rings. The molecule has 1 aromatic carbocycles. The predicted molar refractivity (Wildman–Crippen MR) is 75.0 cm³/mol. The minimum absolute atomic E-state index is 0.731. The topological polar surface area (TPSA) is 30.5 Å². The van der Waals surface area contributed by atoms with Crippen LogP contribution in [0.4, 0.5) is 5.69 Å². The van der Waals surface area contributed by atoms with Crippen LogP contribution in [0.3, 0.4) is 0 Å². The highest BCUT2D eigenvalue weighted by Crippen LogP contribution is 2.16. The van der Waals surface area contributed by atoms with Gasteiger partial charge in [0.15, 0.2) is 0 Å². The van der Waals surface area contributed by atoms with Gasteiger partial charge in [-0.1, -0.05) is 12.1 Å². The van der Waals surface area contributed by atoms with Crippen molar-refractivity contribution in [1.82, 2.24) is 0 Å². The summed E-state index contributed by atoms with van der Waals surface area (Å²) in [6.07, 6.45) is 0.958. The number of halogens is 1. The molecule has 0 spiro atoms. The van der Waals surface area contributed by atoms with Crippen molar-refractivity contribution in [3.63, 3.8) is 0 Å². The fourth-order valence-electron chi connectivity index (χ4n) is 1.27. The quantitative estimate of drug-likeness (QED) is 0.585. The van der Waals surface area contributed by atoms with E-state index in [1.165, 1.54) is 9.26 Å². The van der Waals surface area contributed by atoms with E-state index in [1.54, 1.807) is 7.11 Å².